The summed E-state index contributed by atoms with van der Waals surface area (Å²) in [4.78, 5) is 12.0. The number of hydrogen-bond acceptors (Lipinski definition) is 2. The Morgan fingerprint density at radius 1 is 0.958 bits per heavy atom. The number of rotatable bonds is 2. The van der Waals surface area contributed by atoms with Gasteiger partial charge in [0.05, 0.1) is 12.2 Å². The first kappa shape index (κ1) is 17.1. The Labute approximate surface area is 148 Å². The average molecular weight is 333 g/mol. The van der Waals surface area contributed by atoms with Gasteiger partial charge in [-0.3, -0.25) is 4.79 Å². The molecule has 0 saturated heterocycles. The molecule has 0 heterocycles. The minimum Gasteiger partial charge on any atom is -0.375 e. The van der Waals surface area contributed by atoms with Gasteiger partial charge in [-0.2, -0.15) is 0 Å². The lowest BCUT2D eigenvalue weighted by Crippen LogP contribution is -2.54. The molecule has 4 aliphatic rings. The Bertz CT molecular complexity index is 512. The predicted molar refractivity (Wildman–Crippen MR) is 96.7 cm³/mol. The molecule has 5 unspecified atom stereocenters. The maximum atomic E-state index is 12.0. The molecule has 0 aromatic carbocycles. The number of Topliss-reactive ketones (excluding diaryl/α,β-unsaturated/α-hetero) is 1. The summed E-state index contributed by atoms with van der Waals surface area (Å²) in [5.74, 6) is 3.81. The molecule has 0 N–H and O–H groups in total. The summed E-state index contributed by atoms with van der Waals surface area (Å²) < 4.78 is 6.36. The molecule has 2 heteroatoms. The van der Waals surface area contributed by atoms with Gasteiger partial charge in [0.25, 0.3) is 0 Å². The van der Waals surface area contributed by atoms with Crippen LogP contribution in [0.4, 0.5) is 0 Å². The van der Waals surface area contributed by atoms with Crippen molar-refractivity contribution in [2.75, 3.05) is 0 Å². The van der Waals surface area contributed by atoms with Gasteiger partial charge in [0.1, 0.15) is 5.78 Å². The van der Waals surface area contributed by atoms with Crippen LogP contribution in [0.2, 0.25) is 0 Å². The van der Waals surface area contributed by atoms with E-state index in [0.717, 1.165) is 37.0 Å². The highest BCUT2D eigenvalue weighted by Crippen LogP contribution is 2.66. The van der Waals surface area contributed by atoms with Gasteiger partial charge < -0.3 is 4.74 Å². The second-order valence-corrected chi connectivity index (χ2v) is 10.2. The number of ketones is 1. The van der Waals surface area contributed by atoms with E-state index in [0.29, 0.717) is 34.7 Å². The number of carbonyl (C=O) groups is 1. The number of hydrogen-bond donors (Lipinski definition) is 0. The van der Waals surface area contributed by atoms with E-state index in [2.05, 4.69) is 27.7 Å². The smallest absolute Gasteiger partial charge is 0.133 e. The van der Waals surface area contributed by atoms with Gasteiger partial charge >= 0.3 is 0 Å². The second-order valence-electron chi connectivity index (χ2n) is 10.2. The van der Waals surface area contributed by atoms with Crippen LogP contribution in [0.15, 0.2) is 0 Å². The van der Waals surface area contributed by atoms with Crippen LogP contribution in [-0.2, 0) is 9.53 Å². The van der Waals surface area contributed by atoms with Crippen molar-refractivity contribution in [3.05, 3.63) is 0 Å². The van der Waals surface area contributed by atoms with Crippen molar-refractivity contribution in [3.8, 4) is 0 Å². The van der Waals surface area contributed by atoms with Crippen LogP contribution in [0.5, 0.6) is 0 Å². The predicted octanol–water partition coefficient (Wildman–Crippen LogP) is 5.39. The topological polar surface area (TPSA) is 26.3 Å². The van der Waals surface area contributed by atoms with E-state index in [4.69, 9.17) is 4.74 Å². The fourth-order valence-electron chi connectivity index (χ4n) is 7.55. The van der Waals surface area contributed by atoms with E-state index < -0.39 is 0 Å². The lowest BCUT2D eigenvalue weighted by atomic mass is 9.45. The van der Waals surface area contributed by atoms with Crippen molar-refractivity contribution in [1.82, 2.24) is 0 Å². The molecular weight excluding hydrogens is 296 g/mol. The molecule has 4 rings (SSSR count). The zero-order valence-corrected chi connectivity index (χ0v) is 16.1. The SMILES string of the molecule is CC(C)OC1CC[C@H]2C3CC[C@H]4CC(=O)CCC4(C)C3CCC12C. The molecule has 4 fully saturated rings. The maximum absolute atomic E-state index is 12.0. The van der Waals surface area contributed by atoms with Crippen LogP contribution in [0.1, 0.15) is 85.5 Å². The third-order valence-corrected chi connectivity index (χ3v) is 8.83. The summed E-state index contributed by atoms with van der Waals surface area (Å²) in [5, 5.41) is 0. The number of ether oxygens (including phenoxy) is 1. The Kier molecular flexibility index (Phi) is 4.14. The molecule has 2 nitrogen and oxygen atoms in total. The van der Waals surface area contributed by atoms with E-state index in [1.54, 1.807) is 0 Å². The van der Waals surface area contributed by atoms with E-state index >= 15 is 0 Å². The third-order valence-electron chi connectivity index (χ3n) is 8.83. The quantitative estimate of drug-likeness (QED) is 0.677. The van der Waals surface area contributed by atoms with Crippen LogP contribution in [-0.4, -0.2) is 18.0 Å². The maximum Gasteiger partial charge on any atom is 0.133 e. The lowest BCUT2D eigenvalue weighted by Gasteiger charge is -2.60. The van der Waals surface area contributed by atoms with Gasteiger partial charge in [-0.1, -0.05) is 13.8 Å². The fourth-order valence-corrected chi connectivity index (χ4v) is 7.55. The van der Waals surface area contributed by atoms with Crippen LogP contribution < -0.4 is 0 Å². The van der Waals surface area contributed by atoms with Crippen molar-refractivity contribution in [1.29, 1.82) is 0 Å². The third kappa shape index (κ3) is 2.42. The Morgan fingerprint density at radius 3 is 2.46 bits per heavy atom. The van der Waals surface area contributed by atoms with E-state index in [1.165, 1.54) is 38.5 Å². The summed E-state index contributed by atoms with van der Waals surface area (Å²) in [6, 6.07) is 0. The van der Waals surface area contributed by atoms with Crippen molar-refractivity contribution < 1.29 is 9.53 Å². The summed E-state index contributed by atoms with van der Waals surface area (Å²) >= 11 is 0. The molecule has 24 heavy (non-hydrogen) atoms. The summed E-state index contributed by atoms with van der Waals surface area (Å²) in [6.07, 6.45) is 11.7. The van der Waals surface area contributed by atoms with E-state index in [9.17, 15) is 4.79 Å². The van der Waals surface area contributed by atoms with Crippen LogP contribution in [0, 0.1) is 34.5 Å². The molecule has 136 valence electrons. The van der Waals surface area contributed by atoms with Crippen LogP contribution in [0.3, 0.4) is 0 Å². The molecule has 0 radical (unpaired) electrons. The molecule has 4 saturated carbocycles. The molecule has 0 amide bonds. The monoisotopic (exact) mass is 332 g/mol. The largest absolute Gasteiger partial charge is 0.375 e. The highest BCUT2D eigenvalue weighted by Gasteiger charge is 2.60. The molecule has 0 aliphatic heterocycles. The van der Waals surface area contributed by atoms with Crippen LogP contribution >= 0.6 is 0 Å². The summed E-state index contributed by atoms with van der Waals surface area (Å²) in [5.41, 5.74) is 0.842. The minimum atomic E-state index is 0.348. The molecular formula is C22H36O2. The normalized spacial score (nSPS) is 51.2. The van der Waals surface area contributed by atoms with E-state index in [-0.39, 0.29) is 0 Å². The highest BCUT2D eigenvalue weighted by molar-refractivity contribution is 5.79. The first-order valence-electron chi connectivity index (χ1n) is 10.5. The first-order valence-corrected chi connectivity index (χ1v) is 10.5. The summed E-state index contributed by atoms with van der Waals surface area (Å²) in [6.45, 7) is 9.45. The minimum absolute atomic E-state index is 0.348. The zero-order chi connectivity index (χ0) is 17.1. The van der Waals surface area contributed by atoms with Gasteiger partial charge in [0.2, 0.25) is 0 Å². The van der Waals surface area contributed by atoms with Crippen molar-refractivity contribution in [2.45, 2.75) is 97.7 Å². The van der Waals surface area contributed by atoms with Crippen molar-refractivity contribution in [2.24, 2.45) is 34.5 Å². The average Bonchev–Trinajstić information content (AvgIpc) is 2.84. The standard InChI is InChI=1S/C22H36O2/c1-14(2)24-20-8-7-18-17-6-5-15-13-16(23)9-11-21(15,3)19(17)10-12-22(18,20)4/h14-15,17-20H,5-13H2,1-4H3/t15-,17?,18-,19?,20?,21?,22?/m0/s1. The number of fused-ring (bicyclic) bond motifs is 5. The second kappa shape index (κ2) is 5.83. The number of carbonyl (C=O) groups excluding carboxylic acids is 1. The zero-order valence-electron chi connectivity index (χ0n) is 16.1. The molecule has 7 atom stereocenters. The Balaban J connectivity index is 1.57. The lowest BCUT2D eigenvalue weighted by molar-refractivity contribution is -0.148. The summed E-state index contributed by atoms with van der Waals surface area (Å²) in [7, 11) is 0. The van der Waals surface area contributed by atoms with Gasteiger partial charge in [-0.05, 0) is 93.3 Å². The Hall–Kier alpha value is -0.370. The van der Waals surface area contributed by atoms with E-state index in [1.807, 2.05) is 0 Å². The Morgan fingerprint density at radius 2 is 1.71 bits per heavy atom. The fraction of sp³-hybridized carbons (Fsp3) is 0.955. The molecule has 4 aliphatic carbocycles. The van der Waals surface area contributed by atoms with Gasteiger partial charge in [-0.15, -0.1) is 0 Å². The highest BCUT2D eigenvalue weighted by atomic mass is 16.5. The first-order chi connectivity index (χ1) is 11.3. The van der Waals surface area contributed by atoms with Gasteiger partial charge in [-0.25, -0.2) is 0 Å². The van der Waals surface area contributed by atoms with Gasteiger partial charge in [0.15, 0.2) is 0 Å². The van der Waals surface area contributed by atoms with Crippen molar-refractivity contribution in [3.63, 3.8) is 0 Å². The molecule has 0 aromatic rings. The van der Waals surface area contributed by atoms with Gasteiger partial charge in [0, 0.05) is 12.8 Å². The molecule has 0 aromatic heterocycles. The molecule has 0 spiro atoms. The van der Waals surface area contributed by atoms with Crippen molar-refractivity contribution >= 4 is 5.78 Å². The molecule has 0 bridgehead atoms. The van der Waals surface area contributed by atoms with Crippen LogP contribution in [0.25, 0.3) is 0 Å².